The van der Waals surface area contributed by atoms with Crippen molar-refractivity contribution < 1.29 is 19.8 Å². The average molecular weight is 298 g/mol. The summed E-state index contributed by atoms with van der Waals surface area (Å²) >= 11 is 0. The first-order chi connectivity index (χ1) is 10.5. The quantitative estimate of drug-likeness (QED) is 0.859. The molecule has 2 rings (SSSR count). The van der Waals surface area contributed by atoms with Crippen LogP contribution in [0.4, 0.5) is 0 Å². The second-order valence-corrected chi connectivity index (χ2v) is 5.44. The number of hydrogen-bond donors (Lipinski definition) is 2. The highest BCUT2D eigenvalue weighted by Gasteiger charge is 2.43. The number of aliphatic carboxylic acids is 2. The van der Waals surface area contributed by atoms with Crippen LogP contribution < -0.4 is 0 Å². The van der Waals surface area contributed by atoms with Gasteiger partial charge in [0.05, 0.1) is 6.42 Å². The minimum absolute atomic E-state index is 0.139. The topological polar surface area (TPSA) is 74.6 Å². The van der Waals surface area contributed by atoms with Crippen molar-refractivity contribution >= 4 is 11.9 Å². The molecule has 0 amide bonds. The van der Waals surface area contributed by atoms with Crippen molar-refractivity contribution in [3.8, 4) is 0 Å². The van der Waals surface area contributed by atoms with Crippen molar-refractivity contribution in [2.75, 3.05) is 0 Å². The standard InChI is InChI=1S/C18H18O4/c1-13-7-5-6-10-15(13)18(17(21)22,12-16(19)20)11-14-8-3-2-4-9-14/h2-10H,11-12H2,1H3,(H,19,20)(H,21,22). The number of rotatable bonds is 6. The van der Waals surface area contributed by atoms with Crippen molar-refractivity contribution in [2.24, 2.45) is 0 Å². The van der Waals surface area contributed by atoms with Gasteiger partial charge in [-0.05, 0) is 30.0 Å². The summed E-state index contributed by atoms with van der Waals surface area (Å²) in [5.74, 6) is -2.24. The predicted molar refractivity (Wildman–Crippen MR) is 82.9 cm³/mol. The fraction of sp³-hybridized carbons (Fsp3) is 0.222. The lowest BCUT2D eigenvalue weighted by Crippen LogP contribution is -2.41. The molecule has 2 aromatic rings. The van der Waals surface area contributed by atoms with Crippen LogP contribution in [-0.2, 0) is 21.4 Å². The Morgan fingerprint density at radius 2 is 1.55 bits per heavy atom. The molecular formula is C18H18O4. The molecular weight excluding hydrogens is 280 g/mol. The number of carboxylic acid groups (broad SMARTS) is 2. The molecule has 0 fully saturated rings. The van der Waals surface area contributed by atoms with Gasteiger partial charge >= 0.3 is 11.9 Å². The van der Waals surface area contributed by atoms with Gasteiger partial charge < -0.3 is 10.2 Å². The van der Waals surface area contributed by atoms with E-state index in [2.05, 4.69) is 0 Å². The zero-order valence-corrected chi connectivity index (χ0v) is 12.3. The van der Waals surface area contributed by atoms with Gasteiger partial charge in [0, 0.05) is 0 Å². The molecule has 2 aromatic carbocycles. The molecule has 0 aliphatic rings. The van der Waals surface area contributed by atoms with Crippen LogP contribution >= 0.6 is 0 Å². The fourth-order valence-electron chi connectivity index (χ4n) is 2.83. The summed E-state index contributed by atoms with van der Waals surface area (Å²) < 4.78 is 0. The Morgan fingerprint density at radius 3 is 2.09 bits per heavy atom. The van der Waals surface area contributed by atoms with Crippen LogP contribution in [0.3, 0.4) is 0 Å². The summed E-state index contributed by atoms with van der Waals surface area (Å²) in [6.45, 7) is 1.81. The lowest BCUT2D eigenvalue weighted by Gasteiger charge is -2.30. The van der Waals surface area contributed by atoms with Gasteiger partial charge in [-0.25, -0.2) is 0 Å². The van der Waals surface area contributed by atoms with Gasteiger partial charge in [-0.2, -0.15) is 0 Å². The average Bonchev–Trinajstić information content (AvgIpc) is 2.47. The van der Waals surface area contributed by atoms with Crippen molar-refractivity contribution in [2.45, 2.75) is 25.2 Å². The first-order valence-corrected chi connectivity index (χ1v) is 7.01. The van der Waals surface area contributed by atoms with E-state index in [1.807, 2.05) is 36.4 Å². The van der Waals surface area contributed by atoms with E-state index in [1.165, 1.54) is 0 Å². The van der Waals surface area contributed by atoms with E-state index in [-0.39, 0.29) is 6.42 Å². The Bertz CT molecular complexity index is 678. The molecule has 114 valence electrons. The first-order valence-electron chi connectivity index (χ1n) is 7.01. The molecule has 2 N–H and O–H groups in total. The molecule has 0 spiro atoms. The molecule has 0 bridgehead atoms. The molecule has 22 heavy (non-hydrogen) atoms. The molecule has 0 heterocycles. The van der Waals surface area contributed by atoms with Crippen molar-refractivity contribution in [3.63, 3.8) is 0 Å². The maximum atomic E-state index is 12.1. The van der Waals surface area contributed by atoms with Crippen LogP contribution in [0.1, 0.15) is 23.1 Å². The number of carbonyl (C=O) groups is 2. The molecule has 0 aliphatic heterocycles. The van der Waals surface area contributed by atoms with E-state index in [4.69, 9.17) is 0 Å². The molecule has 0 radical (unpaired) electrons. The summed E-state index contributed by atoms with van der Waals surface area (Å²) in [5, 5.41) is 19.1. The van der Waals surface area contributed by atoms with Crippen LogP contribution in [0.2, 0.25) is 0 Å². The lowest BCUT2D eigenvalue weighted by molar-refractivity contribution is -0.150. The lowest BCUT2D eigenvalue weighted by atomic mass is 9.71. The highest BCUT2D eigenvalue weighted by Crippen LogP contribution is 2.35. The number of benzene rings is 2. The molecule has 0 saturated carbocycles. The first kappa shape index (κ1) is 15.8. The van der Waals surface area contributed by atoms with Gasteiger partial charge in [-0.3, -0.25) is 9.59 Å². The summed E-state index contributed by atoms with van der Waals surface area (Å²) in [5.41, 5.74) is 0.656. The third kappa shape index (κ3) is 3.17. The minimum Gasteiger partial charge on any atom is -0.481 e. The molecule has 4 nitrogen and oxygen atoms in total. The Labute approximate surface area is 129 Å². The Kier molecular flexibility index (Phi) is 4.61. The second-order valence-electron chi connectivity index (χ2n) is 5.44. The largest absolute Gasteiger partial charge is 0.481 e. The second kappa shape index (κ2) is 6.43. The molecule has 0 aliphatic carbocycles. The number of hydrogen-bond acceptors (Lipinski definition) is 2. The molecule has 4 heteroatoms. The van der Waals surface area contributed by atoms with Crippen LogP contribution in [0.25, 0.3) is 0 Å². The summed E-state index contributed by atoms with van der Waals surface area (Å²) in [7, 11) is 0. The summed E-state index contributed by atoms with van der Waals surface area (Å²) in [4.78, 5) is 23.4. The Hall–Kier alpha value is -2.62. The Balaban J connectivity index is 2.59. The summed E-state index contributed by atoms with van der Waals surface area (Å²) in [6.07, 6.45) is -0.317. The SMILES string of the molecule is Cc1ccccc1C(CC(=O)O)(Cc1ccccc1)C(=O)O. The number of carboxylic acids is 2. The van der Waals surface area contributed by atoms with Gasteiger partial charge in [-0.15, -0.1) is 0 Å². The highest BCUT2D eigenvalue weighted by molar-refractivity contribution is 5.88. The van der Waals surface area contributed by atoms with Gasteiger partial charge in [0.2, 0.25) is 0 Å². The Morgan fingerprint density at radius 1 is 0.955 bits per heavy atom. The van der Waals surface area contributed by atoms with Crippen molar-refractivity contribution in [3.05, 3.63) is 71.3 Å². The molecule has 0 saturated heterocycles. The van der Waals surface area contributed by atoms with E-state index in [9.17, 15) is 19.8 Å². The fourth-order valence-corrected chi connectivity index (χ4v) is 2.83. The van der Waals surface area contributed by atoms with Gasteiger partial charge in [-0.1, -0.05) is 54.6 Å². The predicted octanol–water partition coefficient (Wildman–Crippen LogP) is 3.03. The normalized spacial score (nSPS) is 13.3. The number of aryl methyl sites for hydroxylation is 1. The van der Waals surface area contributed by atoms with Crippen LogP contribution in [0.15, 0.2) is 54.6 Å². The molecule has 0 aromatic heterocycles. The monoisotopic (exact) mass is 298 g/mol. The maximum Gasteiger partial charge on any atom is 0.315 e. The van der Waals surface area contributed by atoms with E-state index >= 15 is 0 Å². The third-order valence-corrected chi connectivity index (χ3v) is 3.87. The van der Waals surface area contributed by atoms with Crippen molar-refractivity contribution in [1.82, 2.24) is 0 Å². The highest BCUT2D eigenvalue weighted by atomic mass is 16.4. The molecule has 1 unspecified atom stereocenters. The van der Waals surface area contributed by atoms with E-state index in [0.29, 0.717) is 5.56 Å². The van der Waals surface area contributed by atoms with Crippen LogP contribution in [0, 0.1) is 6.92 Å². The van der Waals surface area contributed by atoms with Crippen molar-refractivity contribution in [1.29, 1.82) is 0 Å². The van der Waals surface area contributed by atoms with Crippen LogP contribution in [0.5, 0.6) is 0 Å². The zero-order valence-electron chi connectivity index (χ0n) is 12.3. The van der Waals surface area contributed by atoms with E-state index in [1.54, 1.807) is 25.1 Å². The van der Waals surface area contributed by atoms with E-state index in [0.717, 1.165) is 11.1 Å². The van der Waals surface area contributed by atoms with E-state index < -0.39 is 23.8 Å². The summed E-state index contributed by atoms with van der Waals surface area (Å²) in [6, 6.07) is 16.2. The third-order valence-electron chi connectivity index (χ3n) is 3.87. The minimum atomic E-state index is -1.47. The maximum absolute atomic E-state index is 12.1. The molecule has 1 atom stereocenters. The van der Waals surface area contributed by atoms with Crippen LogP contribution in [-0.4, -0.2) is 22.2 Å². The smallest absolute Gasteiger partial charge is 0.315 e. The van der Waals surface area contributed by atoms with Gasteiger partial charge in [0.1, 0.15) is 5.41 Å². The van der Waals surface area contributed by atoms with Gasteiger partial charge in [0.25, 0.3) is 0 Å². The zero-order chi connectivity index (χ0) is 16.2. The van der Waals surface area contributed by atoms with Gasteiger partial charge in [0.15, 0.2) is 0 Å².